The van der Waals surface area contributed by atoms with Gasteiger partial charge in [-0.2, -0.15) is 0 Å². The number of esters is 1. The number of quaternary nitrogens is 1. The molecule has 8 heteroatoms. The van der Waals surface area contributed by atoms with Crippen LogP contribution in [0.1, 0.15) is 56.3 Å². The average Bonchev–Trinajstić information content (AvgIpc) is 3.23. The Hall–Kier alpha value is -2.71. The van der Waals surface area contributed by atoms with Crippen molar-refractivity contribution in [2.75, 3.05) is 32.0 Å². The fourth-order valence-corrected chi connectivity index (χ4v) is 5.54. The lowest BCUT2D eigenvalue weighted by Gasteiger charge is -2.42. The maximum atomic E-state index is 13.5. The molecule has 2 N–H and O–H groups in total. The third kappa shape index (κ3) is 5.50. The molecule has 0 radical (unpaired) electrons. The van der Waals surface area contributed by atoms with E-state index in [1.807, 2.05) is 37.4 Å². The number of hydrogen-bond acceptors (Lipinski definition) is 6. The maximum absolute atomic E-state index is 13.5. The molecule has 1 saturated heterocycles. The number of aryl methyl sites for hydroxylation is 1. The van der Waals surface area contributed by atoms with Crippen molar-refractivity contribution in [1.29, 1.82) is 0 Å². The molecule has 3 unspecified atom stereocenters. The summed E-state index contributed by atoms with van der Waals surface area (Å²) in [6.45, 7) is 3.34. The lowest BCUT2D eigenvalue weighted by Crippen LogP contribution is -2.57. The number of piperidine rings is 1. The predicted molar refractivity (Wildman–Crippen MR) is 127 cm³/mol. The molecule has 4 rings (SSSR count). The standard InChI is InChI=1S/C26H35N3O5/c1-19-16-23(28-34-19)27-24(30)18-29(2)15-9-14-22(17-29)33-25(31)26(32,20-10-5-3-6-11-20)21-12-7-4-8-13-21/h3,5-6,10-11,16,21-22,32H,4,7-9,12-15,17-18H2,1-2H3/p+1. The van der Waals surface area contributed by atoms with Crippen LogP contribution in [-0.2, 0) is 19.9 Å². The van der Waals surface area contributed by atoms with E-state index in [9.17, 15) is 14.7 Å². The van der Waals surface area contributed by atoms with E-state index in [2.05, 4.69) is 10.5 Å². The number of hydrogen-bond donors (Lipinski definition) is 2. The van der Waals surface area contributed by atoms with Gasteiger partial charge in [0, 0.05) is 18.4 Å². The fourth-order valence-electron chi connectivity index (χ4n) is 5.54. The number of aromatic nitrogens is 1. The number of benzene rings is 1. The molecule has 3 atom stereocenters. The van der Waals surface area contributed by atoms with Gasteiger partial charge in [-0.1, -0.05) is 54.8 Å². The van der Waals surface area contributed by atoms with E-state index in [0.717, 1.165) is 51.5 Å². The van der Waals surface area contributed by atoms with Gasteiger partial charge in [-0.15, -0.1) is 0 Å². The molecule has 0 bridgehead atoms. The van der Waals surface area contributed by atoms with Crippen molar-refractivity contribution in [3.05, 3.63) is 47.7 Å². The summed E-state index contributed by atoms with van der Waals surface area (Å²) < 4.78 is 11.5. The molecular formula is C26H36N3O5+. The van der Waals surface area contributed by atoms with Gasteiger partial charge in [0.05, 0.1) is 13.6 Å². The average molecular weight is 471 g/mol. The molecule has 1 amide bonds. The van der Waals surface area contributed by atoms with Crippen LogP contribution in [0.3, 0.4) is 0 Å². The molecule has 1 aromatic heterocycles. The number of likely N-dealkylation sites (N-methyl/N-ethyl adjacent to an activating group) is 1. The van der Waals surface area contributed by atoms with E-state index < -0.39 is 11.6 Å². The summed E-state index contributed by atoms with van der Waals surface area (Å²) in [5, 5.41) is 18.4. The Labute approximate surface area is 200 Å². The van der Waals surface area contributed by atoms with Crippen LogP contribution in [0, 0.1) is 12.8 Å². The van der Waals surface area contributed by atoms with E-state index >= 15 is 0 Å². The highest BCUT2D eigenvalue weighted by molar-refractivity contribution is 5.90. The number of anilines is 1. The normalized spacial score (nSPS) is 25.3. The van der Waals surface area contributed by atoms with Crippen molar-refractivity contribution < 1.29 is 28.4 Å². The van der Waals surface area contributed by atoms with Crippen LogP contribution < -0.4 is 5.32 Å². The Morgan fingerprint density at radius 3 is 2.59 bits per heavy atom. The highest BCUT2D eigenvalue weighted by atomic mass is 16.6. The summed E-state index contributed by atoms with van der Waals surface area (Å²) in [4.78, 5) is 26.2. The van der Waals surface area contributed by atoms with Crippen molar-refractivity contribution in [1.82, 2.24) is 5.16 Å². The number of amides is 1. The third-order valence-electron chi connectivity index (χ3n) is 7.28. The van der Waals surface area contributed by atoms with E-state index in [-0.39, 0.29) is 24.5 Å². The van der Waals surface area contributed by atoms with Gasteiger partial charge < -0.3 is 24.2 Å². The van der Waals surface area contributed by atoms with E-state index in [4.69, 9.17) is 9.26 Å². The minimum absolute atomic E-state index is 0.155. The van der Waals surface area contributed by atoms with Gasteiger partial charge in [0.2, 0.25) is 0 Å². The molecule has 1 aliphatic carbocycles. The maximum Gasteiger partial charge on any atom is 0.343 e. The summed E-state index contributed by atoms with van der Waals surface area (Å²) in [5.41, 5.74) is -1.05. The molecule has 2 aromatic rings. The van der Waals surface area contributed by atoms with Gasteiger partial charge in [0.25, 0.3) is 5.91 Å². The number of carbonyl (C=O) groups excluding carboxylic acids is 2. The number of carbonyl (C=O) groups is 2. The summed E-state index contributed by atoms with van der Waals surface area (Å²) in [6, 6.07) is 10.9. The third-order valence-corrected chi connectivity index (χ3v) is 7.28. The van der Waals surface area contributed by atoms with Crippen LogP contribution in [0.2, 0.25) is 0 Å². The first-order chi connectivity index (χ1) is 16.3. The number of ether oxygens (including phenoxy) is 1. The number of nitrogens with one attached hydrogen (secondary N) is 1. The molecule has 2 heterocycles. The molecule has 2 aliphatic rings. The smallest absolute Gasteiger partial charge is 0.343 e. The first-order valence-corrected chi connectivity index (χ1v) is 12.3. The topological polar surface area (TPSA) is 102 Å². The molecule has 1 aromatic carbocycles. The SMILES string of the molecule is Cc1cc(NC(=O)C[N+]2(C)CCCC(OC(=O)C(O)(c3ccccc3)C3CCCCC3)C2)no1. The minimum Gasteiger partial charge on any atom is -0.454 e. The quantitative estimate of drug-likeness (QED) is 0.474. The first-order valence-electron chi connectivity index (χ1n) is 12.3. The van der Waals surface area contributed by atoms with E-state index in [1.165, 1.54) is 0 Å². The predicted octanol–water partition coefficient (Wildman–Crippen LogP) is 3.54. The highest BCUT2D eigenvalue weighted by Crippen LogP contribution is 2.41. The van der Waals surface area contributed by atoms with Crippen molar-refractivity contribution in [3.8, 4) is 0 Å². The minimum atomic E-state index is -1.65. The van der Waals surface area contributed by atoms with Crippen LogP contribution in [-0.4, -0.2) is 59.4 Å². The summed E-state index contributed by atoms with van der Waals surface area (Å²) in [6.07, 6.45) is 5.95. The van der Waals surface area contributed by atoms with Crippen molar-refractivity contribution in [3.63, 3.8) is 0 Å². The Bertz CT molecular complexity index is 987. The Balaban J connectivity index is 1.43. The second-order valence-electron chi connectivity index (χ2n) is 10.2. The monoisotopic (exact) mass is 470 g/mol. The molecule has 1 saturated carbocycles. The number of nitrogens with zero attached hydrogens (tertiary/aromatic N) is 2. The largest absolute Gasteiger partial charge is 0.454 e. The number of likely N-dealkylation sites (tertiary alicyclic amines) is 1. The summed E-state index contributed by atoms with van der Waals surface area (Å²) in [7, 11) is 2.00. The van der Waals surface area contributed by atoms with Gasteiger partial charge in [0.1, 0.15) is 12.3 Å². The van der Waals surface area contributed by atoms with Crippen molar-refractivity contribution >= 4 is 17.7 Å². The fraction of sp³-hybridized carbons (Fsp3) is 0.577. The van der Waals surface area contributed by atoms with Crippen LogP contribution in [0.5, 0.6) is 0 Å². The van der Waals surface area contributed by atoms with Gasteiger partial charge in [-0.25, -0.2) is 4.79 Å². The molecule has 8 nitrogen and oxygen atoms in total. The Morgan fingerprint density at radius 2 is 1.91 bits per heavy atom. The lowest BCUT2D eigenvalue weighted by molar-refractivity contribution is -0.909. The molecule has 184 valence electrons. The van der Waals surface area contributed by atoms with Gasteiger partial charge in [0.15, 0.2) is 24.1 Å². The summed E-state index contributed by atoms with van der Waals surface area (Å²) >= 11 is 0. The molecular weight excluding hydrogens is 434 g/mol. The number of aliphatic hydroxyl groups is 1. The molecule has 2 fully saturated rings. The summed E-state index contributed by atoms with van der Waals surface area (Å²) in [5.74, 6) is 0.147. The molecule has 1 aliphatic heterocycles. The zero-order valence-corrected chi connectivity index (χ0v) is 20.2. The number of rotatable bonds is 7. The Kier molecular flexibility index (Phi) is 7.38. The van der Waals surface area contributed by atoms with E-state index in [1.54, 1.807) is 13.0 Å². The molecule has 34 heavy (non-hydrogen) atoms. The van der Waals surface area contributed by atoms with Crippen LogP contribution in [0.25, 0.3) is 0 Å². The van der Waals surface area contributed by atoms with Gasteiger partial charge >= 0.3 is 5.97 Å². The zero-order chi connectivity index (χ0) is 24.2. The van der Waals surface area contributed by atoms with Crippen LogP contribution in [0.4, 0.5) is 5.82 Å². The Morgan fingerprint density at radius 1 is 1.18 bits per heavy atom. The first kappa shape index (κ1) is 24.4. The van der Waals surface area contributed by atoms with Crippen LogP contribution in [0.15, 0.2) is 40.9 Å². The zero-order valence-electron chi connectivity index (χ0n) is 20.2. The van der Waals surface area contributed by atoms with Gasteiger partial charge in [-0.3, -0.25) is 4.79 Å². The molecule has 0 spiro atoms. The van der Waals surface area contributed by atoms with Crippen molar-refractivity contribution in [2.24, 2.45) is 5.92 Å². The van der Waals surface area contributed by atoms with Crippen LogP contribution >= 0.6 is 0 Å². The second-order valence-corrected chi connectivity index (χ2v) is 10.2. The van der Waals surface area contributed by atoms with Crippen molar-refractivity contribution in [2.45, 2.75) is 63.6 Å². The highest BCUT2D eigenvalue weighted by Gasteiger charge is 2.48. The van der Waals surface area contributed by atoms with E-state index in [0.29, 0.717) is 28.2 Å². The van der Waals surface area contributed by atoms with Gasteiger partial charge in [-0.05, 0) is 31.7 Å². The lowest BCUT2D eigenvalue weighted by atomic mass is 9.73. The second kappa shape index (κ2) is 10.3.